The van der Waals surface area contributed by atoms with Crippen molar-refractivity contribution in [2.45, 2.75) is 5.16 Å². The number of amides is 1. The van der Waals surface area contributed by atoms with E-state index in [0.717, 1.165) is 27.6 Å². The number of ether oxygens (including phenoxy) is 1. The summed E-state index contributed by atoms with van der Waals surface area (Å²) in [6.45, 7) is 0. The summed E-state index contributed by atoms with van der Waals surface area (Å²) in [6, 6.07) is 15.4. The van der Waals surface area contributed by atoms with Crippen LogP contribution in [-0.2, 0) is 11.8 Å². The Kier molecular flexibility index (Phi) is 4.52. The predicted molar refractivity (Wildman–Crippen MR) is 91.8 cm³/mol. The lowest BCUT2D eigenvalue weighted by atomic mass is 10.3. The quantitative estimate of drug-likeness (QED) is 0.559. The van der Waals surface area contributed by atoms with Gasteiger partial charge in [-0.3, -0.25) is 4.79 Å². The van der Waals surface area contributed by atoms with Crippen LogP contribution >= 0.6 is 11.8 Å². The zero-order valence-electron chi connectivity index (χ0n) is 13.0. The Morgan fingerprint density at radius 2 is 1.96 bits per heavy atom. The molecule has 0 fully saturated rings. The molecule has 2 aromatic carbocycles. The van der Waals surface area contributed by atoms with Crippen LogP contribution in [0.1, 0.15) is 0 Å². The second kappa shape index (κ2) is 6.75. The molecule has 0 saturated heterocycles. The highest BCUT2D eigenvalue weighted by molar-refractivity contribution is 7.99. The highest BCUT2D eigenvalue weighted by Crippen LogP contribution is 2.18. The molecule has 0 aliphatic rings. The van der Waals surface area contributed by atoms with Gasteiger partial charge in [-0.15, -0.1) is 0 Å². The lowest BCUT2D eigenvalue weighted by molar-refractivity contribution is -0.683. The third kappa shape index (κ3) is 3.48. The van der Waals surface area contributed by atoms with Crippen molar-refractivity contribution in [1.82, 2.24) is 4.98 Å². The number of H-pyrrole nitrogens is 1. The van der Waals surface area contributed by atoms with Crippen LogP contribution in [-0.4, -0.2) is 23.8 Å². The number of methoxy groups -OCH3 is 1. The van der Waals surface area contributed by atoms with Gasteiger partial charge in [-0.2, -0.15) is 0 Å². The molecule has 3 rings (SSSR count). The number of benzene rings is 2. The van der Waals surface area contributed by atoms with Gasteiger partial charge in [0, 0.05) is 5.69 Å². The first-order valence-corrected chi connectivity index (χ1v) is 8.19. The Balaban J connectivity index is 1.62. The number of aromatic amines is 1. The van der Waals surface area contributed by atoms with Gasteiger partial charge in [-0.25, -0.2) is 9.55 Å². The summed E-state index contributed by atoms with van der Waals surface area (Å²) in [5.74, 6) is 1.06. The van der Waals surface area contributed by atoms with Crippen molar-refractivity contribution in [3.05, 3.63) is 48.5 Å². The molecule has 6 heteroatoms. The van der Waals surface area contributed by atoms with E-state index in [1.54, 1.807) is 7.11 Å². The largest absolute Gasteiger partial charge is 0.497 e. The van der Waals surface area contributed by atoms with Gasteiger partial charge >= 0.3 is 5.16 Å². The minimum atomic E-state index is -0.0428. The minimum Gasteiger partial charge on any atom is -0.497 e. The van der Waals surface area contributed by atoms with Gasteiger partial charge in [0.05, 0.1) is 19.9 Å². The first kappa shape index (κ1) is 15.4. The summed E-state index contributed by atoms with van der Waals surface area (Å²) >= 11 is 1.48. The van der Waals surface area contributed by atoms with Crippen LogP contribution in [0.15, 0.2) is 53.7 Å². The Morgan fingerprint density at radius 3 is 2.65 bits per heavy atom. The van der Waals surface area contributed by atoms with E-state index in [0.29, 0.717) is 5.75 Å². The van der Waals surface area contributed by atoms with E-state index in [2.05, 4.69) is 14.9 Å². The van der Waals surface area contributed by atoms with Crippen molar-refractivity contribution in [3.8, 4) is 5.75 Å². The Morgan fingerprint density at radius 1 is 1.22 bits per heavy atom. The number of imidazole rings is 1. The van der Waals surface area contributed by atoms with Gasteiger partial charge < -0.3 is 10.1 Å². The molecule has 2 N–H and O–H groups in total. The number of carbonyl (C=O) groups excluding carboxylic acids is 1. The summed E-state index contributed by atoms with van der Waals surface area (Å²) in [4.78, 5) is 15.4. The smallest absolute Gasteiger partial charge is 0.317 e. The van der Waals surface area contributed by atoms with Crippen molar-refractivity contribution in [2.24, 2.45) is 7.05 Å². The molecule has 0 unspecified atom stereocenters. The molecular formula is C17H18N3O2S+. The molecule has 1 amide bonds. The standard InChI is InChI=1S/C17H17N3O2S/c1-20-15-6-4-3-5-14(15)19-17(20)23-11-16(21)18-12-7-9-13(22-2)10-8-12/h3-10H,11H2,1-2H3,(H,18,21)/p+1. The van der Waals surface area contributed by atoms with E-state index in [-0.39, 0.29) is 5.91 Å². The molecule has 0 spiro atoms. The van der Waals surface area contributed by atoms with Crippen LogP contribution in [0.2, 0.25) is 0 Å². The van der Waals surface area contributed by atoms with Crippen molar-refractivity contribution in [3.63, 3.8) is 0 Å². The molecule has 0 radical (unpaired) electrons. The highest BCUT2D eigenvalue weighted by Gasteiger charge is 2.16. The molecule has 0 aliphatic heterocycles. The number of rotatable bonds is 5. The topological polar surface area (TPSA) is 58.0 Å². The maximum absolute atomic E-state index is 12.1. The molecule has 5 nitrogen and oxygen atoms in total. The predicted octanol–water partition coefficient (Wildman–Crippen LogP) is 2.73. The van der Waals surface area contributed by atoms with Crippen LogP contribution in [0, 0.1) is 0 Å². The van der Waals surface area contributed by atoms with Gasteiger partial charge in [0.25, 0.3) is 0 Å². The van der Waals surface area contributed by atoms with Crippen LogP contribution < -0.4 is 14.6 Å². The van der Waals surface area contributed by atoms with Crippen molar-refractivity contribution >= 4 is 34.4 Å². The van der Waals surface area contributed by atoms with Crippen molar-refractivity contribution in [1.29, 1.82) is 0 Å². The fourth-order valence-electron chi connectivity index (χ4n) is 2.32. The lowest BCUT2D eigenvalue weighted by Gasteiger charge is -2.05. The first-order chi connectivity index (χ1) is 11.2. The van der Waals surface area contributed by atoms with E-state index < -0.39 is 0 Å². The zero-order chi connectivity index (χ0) is 16.2. The summed E-state index contributed by atoms with van der Waals surface area (Å²) in [5.41, 5.74) is 2.94. The third-order valence-electron chi connectivity index (χ3n) is 3.53. The van der Waals surface area contributed by atoms with E-state index in [1.807, 2.05) is 55.6 Å². The third-order valence-corrected chi connectivity index (χ3v) is 4.58. The molecule has 0 aliphatic carbocycles. The number of hydrogen-bond donors (Lipinski definition) is 2. The molecule has 0 bridgehead atoms. The van der Waals surface area contributed by atoms with Gasteiger partial charge in [-0.05, 0) is 48.2 Å². The molecule has 1 heterocycles. The van der Waals surface area contributed by atoms with E-state index >= 15 is 0 Å². The number of thioether (sulfide) groups is 1. The normalized spacial score (nSPS) is 10.7. The van der Waals surface area contributed by atoms with Crippen molar-refractivity contribution < 1.29 is 14.1 Å². The van der Waals surface area contributed by atoms with Crippen LogP contribution in [0.4, 0.5) is 5.69 Å². The van der Waals surface area contributed by atoms with Crippen LogP contribution in [0.5, 0.6) is 5.75 Å². The first-order valence-electron chi connectivity index (χ1n) is 7.21. The number of aromatic nitrogens is 2. The number of para-hydroxylation sites is 2. The van der Waals surface area contributed by atoms with E-state index in [4.69, 9.17) is 4.74 Å². The molecule has 118 valence electrons. The zero-order valence-corrected chi connectivity index (χ0v) is 13.8. The van der Waals surface area contributed by atoms with Gasteiger partial charge in [0.2, 0.25) is 5.91 Å². The molecule has 23 heavy (non-hydrogen) atoms. The van der Waals surface area contributed by atoms with Crippen molar-refractivity contribution in [2.75, 3.05) is 18.2 Å². The van der Waals surface area contributed by atoms with Gasteiger partial charge in [0.1, 0.15) is 5.75 Å². The summed E-state index contributed by atoms with van der Waals surface area (Å²) < 4.78 is 7.15. The average Bonchev–Trinajstić information content (AvgIpc) is 2.90. The molecule has 0 saturated carbocycles. The Bertz CT molecular complexity index is 827. The maximum Gasteiger partial charge on any atom is 0.317 e. The summed E-state index contributed by atoms with van der Waals surface area (Å²) in [5, 5.41) is 3.83. The number of anilines is 1. The van der Waals surface area contributed by atoms with Gasteiger partial charge in [0.15, 0.2) is 11.0 Å². The number of hydrogen-bond acceptors (Lipinski definition) is 3. The van der Waals surface area contributed by atoms with Crippen LogP contribution in [0.25, 0.3) is 11.0 Å². The highest BCUT2D eigenvalue weighted by atomic mass is 32.2. The number of fused-ring (bicyclic) bond motifs is 1. The molecule has 3 aromatic rings. The number of carbonyl (C=O) groups is 1. The Hall–Kier alpha value is -2.47. The molecular weight excluding hydrogens is 310 g/mol. The maximum atomic E-state index is 12.1. The summed E-state index contributed by atoms with van der Waals surface area (Å²) in [7, 11) is 3.60. The number of aryl methyl sites for hydroxylation is 1. The molecule has 1 aromatic heterocycles. The van der Waals surface area contributed by atoms with Crippen LogP contribution in [0.3, 0.4) is 0 Å². The fourth-order valence-corrected chi connectivity index (χ4v) is 3.13. The minimum absolute atomic E-state index is 0.0428. The summed E-state index contributed by atoms with van der Waals surface area (Å²) in [6.07, 6.45) is 0. The number of nitrogens with one attached hydrogen (secondary N) is 2. The Labute approximate surface area is 138 Å². The SMILES string of the molecule is COc1ccc(NC(=O)CSc2[nH]c3ccccc3[n+]2C)cc1. The second-order valence-electron chi connectivity index (χ2n) is 5.07. The average molecular weight is 328 g/mol. The van der Waals surface area contributed by atoms with E-state index in [9.17, 15) is 4.79 Å². The fraction of sp³-hybridized carbons (Fsp3) is 0.176. The lowest BCUT2D eigenvalue weighted by Crippen LogP contribution is -2.29. The molecule has 0 atom stereocenters. The second-order valence-corrected chi connectivity index (χ2v) is 6.04. The monoisotopic (exact) mass is 328 g/mol. The number of nitrogens with zero attached hydrogens (tertiary/aromatic N) is 1. The van der Waals surface area contributed by atoms with Gasteiger partial charge in [-0.1, -0.05) is 12.1 Å². The van der Waals surface area contributed by atoms with E-state index in [1.165, 1.54) is 11.8 Å².